The molecule has 6 N–H and O–H groups in total. The molecule has 20 atom stereocenters. The lowest BCUT2D eigenvalue weighted by molar-refractivity contribution is -0.0865. The van der Waals surface area contributed by atoms with Crippen LogP contribution in [0, 0.1) is 29.6 Å². The highest BCUT2D eigenvalue weighted by atomic mass is 32.2. The van der Waals surface area contributed by atoms with Gasteiger partial charge in [0, 0.05) is 64.5 Å². The van der Waals surface area contributed by atoms with Gasteiger partial charge in [0.2, 0.25) is 0 Å². The summed E-state index contributed by atoms with van der Waals surface area (Å²) in [6.07, 6.45) is 21.6. The van der Waals surface area contributed by atoms with E-state index in [1.54, 1.807) is 0 Å². The molecule has 276 valence electrons. The number of hydrogen-bond acceptors (Lipinski definition) is 10. The highest BCUT2D eigenvalue weighted by Gasteiger charge is 2.60. The maximum atomic E-state index is 12.0. The summed E-state index contributed by atoms with van der Waals surface area (Å²) < 4.78 is 6.71. The van der Waals surface area contributed by atoms with Gasteiger partial charge < -0.3 is 30.7 Å². The number of aliphatic hydroxyl groups excluding tert-OH is 3. The molecule has 8 nitrogen and oxygen atoms in total. The normalized spacial score (nSPS) is 57.6. The van der Waals surface area contributed by atoms with E-state index < -0.39 is 0 Å². The van der Waals surface area contributed by atoms with Crippen LogP contribution in [0.3, 0.4) is 0 Å². The third-order valence-corrected chi connectivity index (χ3v) is 19.4. The number of nitrogens with one attached hydrogen (secondary N) is 3. The Morgan fingerprint density at radius 1 is 0.490 bits per heavy atom. The Morgan fingerprint density at radius 3 is 1.67 bits per heavy atom. The van der Waals surface area contributed by atoms with Crippen LogP contribution in [-0.2, 0) is 4.74 Å². The van der Waals surface area contributed by atoms with Crippen molar-refractivity contribution in [2.24, 2.45) is 29.6 Å². The van der Waals surface area contributed by atoms with Crippen molar-refractivity contribution in [3.63, 3.8) is 0 Å². The minimum atomic E-state index is -0.374. The van der Waals surface area contributed by atoms with Gasteiger partial charge in [-0.2, -0.15) is 0 Å². The van der Waals surface area contributed by atoms with Crippen LogP contribution in [0.4, 0.5) is 0 Å². The van der Waals surface area contributed by atoms with E-state index in [-0.39, 0.29) is 30.5 Å². The topological polar surface area (TPSA) is 109 Å². The molecule has 6 saturated carbocycles. The van der Waals surface area contributed by atoms with Gasteiger partial charge in [-0.05, 0) is 95.3 Å². The molecule has 0 spiro atoms. The fourth-order valence-corrected chi connectivity index (χ4v) is 17.3. The molecule has 10 heteroatoms. The van der Waals surface area contributed by atoms with Crippen LogP contribution in [0.5, 0.6) is 0 Å². The standard InChI is InChI=1S/C39H64N4O4S2/c44-31-15-20(13-14-21(31)38-41-27-8-2-5-11-35(27)48-38)43-29-18-32(45)24(37-40-26-7-1-4-10-34(26)47-37)16-22(29)23-17-25(33(46)19-30(23)43)39-42-28-9-3-6-12-36(28)49-39/h20-42,44-46H,1-19H2. The number of likely N-dealkylation sites (tertiary alicyclic amines) is 1. The summed E-state index contributed by atoms with van der Waals surface area (Å²) in [5.41, 5.74) is 0. The number of hydrogen-bond donors (Lipinski definition) is 6. The average Bonchev–Trinajstić information content (AvgIpc) is 3.89. The van der Waals surface area contributed by atoms with Crippen molar-refractivity contribution < 1.29 is 20.1 Å². The summed E-state index contributed by atoms with van der Waals surface area (Å²) in [6.45, 7) is 0. The van der Waals surface area contributed by atoms with E-state index in [0.29, 0.717) is 82.0 Å². The van der Waals surface area contributed by atoms with Crippen molar-refractivity contribution in [1.29, 1.82) is 0 Å². The number of thioether (sulfide) groups is 2. The lowest BCUT2D eigenvalue weighted by Gasteiger charge is -2.48. The highest BCUT2D eigenvalue weighted by Crippen LogP contribution is 2.56. The Kier molecular flexibility index (Phi) is 9.62. The molecule has 0 aromatic rings. The van der Waals surface area contributed by atoms with Crippen molar-refractivity contribution in [2.45, 2.75) is 210 Å². The molecule has 0 amide bonds. The Bertz CT molecular complexity index is 1090. The second kappa shape index (κ2) is 13.9. The number of nitrogens with zero attached hydrogens (tertiary/aromatic N) is 1. The summed E-state index contributed by atoms with van der Waals surface area (Å²) in [6, 6.07) is 2.72. The maximum Gasteiger partial charge on any atom is 0.114 e. The lowest BCUT2D eigenvalue weighted by atomic mass is 9.66. The predicted molar refractivity (Wildman–Crippen MR) is 196 cm³/mol. The highest BCUT2D eigenvalue weighted by molar-refractivity contribution is 8.01. The average molecular weight is 717 g/mol. The zero-order chi connectivity index (χ0) is 32.8. The first-order chi connectivity index (χ1) is 24.0. The molecule has 0 bridgehead atoms. The molecule has 4 aliphatic heterocycles. The monoisotopic (exact) mass is 716 g/mol. The van der Waals surface area contributed by atoms with Gasteiger partial charge in [-0.3, -0.25) is 10.2 Å². The Labute approximate surface area is 303 Å². The number of rotatable bonds is 4. The molecule has 10 aliphatic rings. The summed E-state index contributed by atoms with van der Waals surface area (Å²) >= 11 is 4.29. The van der Waals surface area contributed by atoms with Crippen molar-refractivity contribution in [1.82, 2.24) is 20.9 Å². The summed E-state index contributed by atoms with van der Waals surface area (Å²) in [5.74, 6) is 1.80. The van der Waals surface area contributed by atoms with Crippen LogP contribution < -0.4 is 16.0 Å². The minimum Gasteiger partial charge on any atom is -0.393 e. The second-order valence-corrected chi connectivity index (χ2v) is 21.2. The zero-order valence-corrected chi connectivity index (χ0v) is 31.1. The van der Waals surface area contributed by atoms with Gasteiger partial charge in [0.05, 0.1) is 35.2 Å². The van der Waals surface area contributed by atoms with E-state index in [1.165, 1.54) is 70.6 Å². The molecule has 0 aromatic carbocycles. The van der Waals surface area contributed by atoms with Crippen molar-refractivity contribution in [2.75, 3.05) is 0 Å². The quantitative estimate of drug-likeness (QED) is 0.248. The molecular formula is C39H64N4O4S2. The molecular weight excluding hydrogens is 653 g/mol. The molecule has 0 aromatic heterocycles. The van der Waals surface area contributed by atoms with E-state index >= 15 is 0 Å². The third-order valence-electron chi connectivity index (χ3n) is 16.0. The fourth-order valence-electron chi connectivity index (χ4n) is 13.6. The van der Waals surface area contributed by atoms with Crippen molar-refractivity contribution >= 4 is 23.5 Å². The van der Waals surface area contributed by atoms with E-state index in [1.807, 2.05) is 0 Å². The van der Waals surface area contributed by atoms with Gasteiger partial charge in [-0.15, -0.1) is 23.5 Å². The van der Waals surface area contributed by atoms with Crippen LogP contribution in [0.25, 0.3) is 0 Å². The summed E-state index contributed by atoms with van der Waals surface area (Å²) in [4.78, 5) is 2.82. The molecule has 20 unspecified atom stereocenters. The van der Waals surface area contributed by atoms with Crippen LogP contribution in [-0.4, -0.2) is 108 Å². The maximum absolute atomic E-state index is 12.0. The Morgan fingerprint density at radius 2 is 1.04 bits per heavy atom. The van der Waals surface area contributed by atoms with Gasteiger partial charge >= 0.3 is 0 Å². The van der Waals surface area contributed by atoms with Crippen molar-refractivity contribution in [3.8, 4) is 0 Å². The van der Waals surface area contributed by atoms with Gasteiger partial charge in [-0.1, -0.05) is 38.5 Å². The first-order valence-corrected chi connectivity index (χ1v) is 22.9. The minimum absolute atomic E-state index is 0.0333. The third kappa shape index (κ3) is 6.12. The molecule has 6 aliphatic carbocycles. The predicted octanol–water partition coefficient (Wildman–Crippen LogP) is 4.55. The first kappa shape index (κ1) is 33.9. The summed E-state index contributed by atoms with van der Waals surface area (Å²) in [7, 11) is 0. The first-order valence-electron chi connectivity index (χ1n) is 21.0. The van der Waals surface area contributed by atoms with Gasteiger partial charge in [-0.25, -0.2) is 0 Å². The van der Waals surface area contributed by atoms with E-state index in [0.717, 1.165) is 56.6 Å². The van der Waals surface area contributed by atoms with Crippen LogP contribution in [0.1, 0.15) is 122 Å². The van der Waals surface area contributed by atoms with E-state index in [4.69, 9.17) is 4.74 Å². The largest absolute Gasteiger partial charge is 0.393 e. The van der Waals surface area contributed by atoms with Crippen LogP contribution in [0.2, 0.25) is 0 Å². The molecule has 49 heavy (non-hydrogen) atoms. The number of fused-ring (bicyclic) bond motifs is 6. The van der Waals surface area contributed by atoms with Crippen LogP contribution in [0.15, 0.2) is 0 Å². The van der Waals surface area contributed by atoms with Gasteiger partial charge in [0.15, 0.2) is 0 Å². The number of ether oxygens (including phenoxy) is 1. The summed E-state index contributed by atoms with van der Waals surface area (Å²) in [5, 5.41) is 49.8. The lowest BCUT2D eigenvalue weighted by Crippen LogP contribution is -2.56. The fraction of sp³-hybridized carbons (Fsp3) is 1.00. The SMILES string of the molecule is OC1CC2C(CC1C1NC3CCCCC3O1)C1CC(C3NC4CCCCC4S3)C(O)CC1N2C1CCC(C2NC3CCCCC3S2)C(O)C1. The molecule has 4 saturated heterocycles. The van der Waals surface area contributed by atoms with E-state index in [9.17, 15) is 15.3 Å². The number of aliphatic hydroxyl groups is 3. The zero-order valence-electron chi connectivity index (χ0n) is 29.5. The Hall–Kier alpha value is 0.380. The van der Waals surface area contributed by atoms with Crippen LogP contribution >= 0.6 is 23.5 Å². The molecule has 10 fully saturated rings. The van der Waals surface area contributed by atoms with Gasteiger partial charge in [0.25, 0.3) is 0 Å². The molecule has 10 rings (SSSR count). The molecule has 4 heterocycles. The molecule has 0 radical (unpaired) electrons. The second-order valence-electron chi connectivity index (χ2n) is 18.5. The Balaban J connectivity index is 0.885. The smallest absolute Gasteiger partial charge is 0.114 e. The van der Waals surface area contributed by atoms with E-state index in [2.05, 4.69) is 44.4 Å². The van der Waals surface area contributed by atoms with Crippen molar-refractivity contribution in [3.05, 3.63) is 0 Å². The van der Waals surface area contributed by atoms with Gasteiger partial charge in [0.1, 0.15) is 6.23 Å².